The Balaban J connectivity index is 2.37. The first-order valence-corrected chi connectivity index (χ1v) is 8.21. The smallest absolute Gasteiger partial charge is 0.175 e. The highest BCUT2D eigenvalue weighted by atomic mass is 32.2. The van der Waals surface area contributed by atoms with Crippen LogP contribution in [0.4, 0.5) is 11.4 Å². The van der Waals surface area contributed by atoms with E-state index in [1.165, 1.54) is 6.07 Å². The quantitative estimate of drug-likeness (QED) is 0.805. The van der Waals surface area contributed by atoms with E-state index in [-0.39, 0.29) is 17.5 Å². The fourth-order valence-electron chi connectivity index (χ4n) is 2.61. The summed E-state index contributed by atoms with van der Waals surface area (Å²) in [5.74, 6) is 0.402. The molecule has 2 rings (SSSR count). The minimum Gasteiger partial charge on any atom is -0.397 e. The number of hydrogen-bond acceptors (Lipinski definition) is 5. The van der Waals surface area contributed by atoms with Gasteiger partial charge in [-0.15, -0.1) is 0 Å². The van der Waals surface area contributed by atoms with Crippen molar-refractivity contribution in [3.63, 3.8) is 0 Å². The molecule has 1 saturated heterocycles. The number of sulfone groups is 1. The van der Waals surface area contributed by atoms with Gasteiger partial charge in [-0.1, -0.05) is 6.92 Å². The van der Waals surface area contributed by atoms with Gasteiger partial charge in [-0.25, -0.2) is 8.42 Å². The number of nitrogens with two attached hydrogens (primary N) is 1. The molecule has 0 amide bonds. The van der Waals surface area contributed by atoms with E-state index in [1.807, 2.05) is 0 Å². The number of hydrogen-bond donors (Lipinski definition) is 2. The topological polar surface area (TPSA) is 83.6 Å². The van der Waals surface area contributed by atoms with Crippen LogP contribution in [-0.2, 0) is 9.84 Å². The zero-order chi connectivity index (χ0) is 14.2. The Kier molecular flexibility index (Phi) is 3.73. The Morgan fingerprint density at radius 2 is 2.16 bits per heavy atom. The molecule has 106 valence electrons. The summed E-state index contributed by atoms with van der Waals surface area (Å²) in [6.45, 7) is 3.01. The van der Waals surface area contributed by atoms with Gasteiger partial charge in [-0.05, 0) is 30.5 Å². The maximum absolute atomic E-state index is 11.5. The Bertz CT molecular complexity index is 571. The van der Waals surface area contributed by atoms with E-state index in [2.05, 4.69) is 11.8 Å². The standard InChI is InChI=1S/C13H20N2O3S/c1-9-5-6-15(13(9)8-16)12-4-3-10(7-11(12)14)19(2,17)18/h3-4,7,9,13,16H,5-6,8,14H2,1-2H3. The Morgan fingerprint density at radius 3 is 2.68 bits per heavy atom. The van der Waals surface area contributed by atoms with Crippen LogP contribution in [0.2, 0.25) is 0 Å². The number of aliphatic hydroxyl groups excluding tert-OH is 1. The van der Waals surface area contributed by atoms with Crippen molar-refractivity contribution in [2.45, 2.75) is 24.3 Å². The summed E-state index contributed by atoms with van der Waals surface area (Å²) < 4.78 is 23.0. The highest BCUT2D eigenvalue weighted by molar-refractivity contribution is 7.90. The minimum absolute atomic E-state index is 0.0476. The van der Waals surface area contributed by atoms with Crippen molar-refractivity contribution in [1.29, 1.82) is 0 Å². The number of rotatable bonds is 3. The van der Waals surface area contributed by atoms with E-state index < -0.39 is 9.84 Å². The van der Waals surface area contributed by atoms with Gasteiger partial charge < -0.3 is 15.7 Å². The van der Waals surface area contributed by atoms with Crippen LogP contribution in [-0.4, -0.2) is 39.0 Å². The molecule has 1 heterocycles. The van der Waals surface area contributed by atoms with Crippen LogP contribution in [0, 0.1) is 5.92 Å². The molecule has 5 nitrogen and oxygen atoms in total. The molecule has 0 spiro atoms. The highest BCUT2D eigenvalue weighted by Gasteiger charge is 2.31. The molecule has 2 atom stereocenters. The van der Waals surface area contributed by atoms with Crippen LogP contribution in [0.3, 0.4) is 0 Å². The summed E-state index contributed by atoms with van der Waals surface area (Å²) >= 11 is 0. The predicted octanol–water partition coefficient (Wildman–Crippen LogP) is 0.879. The van der Waals surface area contributed by atoms with Crippen LogP contribution in [0.1, 0.15) is 13.3 Å². The second-order valence-corrected chi connectivity index (χ2v) is 7.22. The molecule has 1 aromatic rings. The van der Waals surface area contributed by atoms with Crippen molar-refractivity contribution in [1.82, 2.24) is 0 Å². The third kappa shape index (κ3) is 2.69. The molecule has 0 aliphatic carbocycles. The first-order valence-electron chi connectivity index (χ1n) is 6.31. The normalized spacial score (nSPS) is 23.8. The number of anilines is 2. The summed E-state index contributed by atoms with van der Waals surface area (Å²) in [6, 6.07) is 4.83. The maximum atomic E-state index is 11.5. The van der Waals surface area contributed by atoms with Gasteiger partial charge in [0.15, 0.2) is 9.84 Å². The van der Waals surface area contributed by atoms with Gasteiger partial charge in [-0.2, -0.15) is 0 Å². The Hall–Kier alpha value is -1.27. The molecular weight excluding hydrogens is 264 g/mol. The van der Waals surface area contributed by atoms with Crippen molar-refractivity contribution in [2.24, 2.45) is 5.92 Å². The van der Waals surface area contributed by atoms with E-state index in [0.717, 1.165) is 24.9 Å². The summed E-state index contributed by atoms with van der Waals surface area (Å²) in [4.78, 5) is 2.29. The van der Waals surface area contributed by atoms with E-state index in [0.29, 0.717) is 11.6 Å². The predicted molar refractivity (Wildman–Crippen MR) is 76.0 cm³/mol. The molecule has 19 heavy (non-hydrogen) atoms. The van der Waals surface area contributed by atoms with Gasteiger partial charge in [0.1, 0.15) is 0 Å². The average Bonchev–Trinajstić information content (AvgIpc) is 2.69. The van der Waals surface area contributed by atoms with Gasteiger partial charge >= 0.3 is 0 Å². The molecule has 0 radical (unpaired) electrons. The van der Waals surface area contributed by atoms with Gasteiger partial charge in [0.05, 0.1) is 28.9 Å². The third-order valence-corrected chi connectivity index (χ3v) is 4.92. The van der Waals surface area contributed by atoms with Gasteiger partial charge in [-0.3, -0.25) is 0 Å². The lowest BCUT2D eigenvalue weighted by Crippen LogP contribution is -2.35. The summed E-state index contributed by atoms with van der Waals surface area (Å²) in [5.41, 5.74) is 7.21. The molecule has 1 aromatic carbocycles. The Morgan fingerprint density at radius 1 is 1.47 bits per heavy atom. The van der Waals surface area contributed by atoms with Crippen LogP contribution in [0.25, 0.3) is 0 Å². The fraction of sp³-hybridized carbons (Fsp3) is 0.538. The SMILES string of the molecule is CC1CCN(c2ccc(S(C)(=O)=O)cc2N)C1CO. The minimum atomic E-state index is -3.24. The van der Waals surface area contributed by atoms with Crippen molar-refractivity contribution >= 4 is 21.2 Å². The number of benzene rings is 1. The summed E-state index contributed by atoms with van der Waals surface area (Å²) in [6.07, 6.45) is 2.16. The lowest BCUT2D eigenvalue weighted by atomic mass is 10.0. The first kappa shape index (κ1) is 14.1. The van der Waals surface area contributed by atoms with Crippen LogP contribution < -0.4 is 10.6 Å². The van der Waals surface area contributed by atoms with Crippen molar-refractivity contribution in [3.8, 4) is 0 Å². The molecule has 1 fully saturated rings. The lowest BCUT2D eigenvalue weighted by molar-refractivity contribution is 0.245. The molecule has 6 heteroatoms. The second kappa shape index (κ2) is 5.02. The number of nitrogens with zero attached hydrogens (tertiary/aromatic N) is 1. The zero-order valence-electron chi connectivity index (χ0n) is 11.2. The van der Waals surface area contributed by atoms with Gasteiger partial charge in [0.2, 0.25) is 0 Å². The highest BCUT2D eigenvalue weighted by Crippen LogP contribution is 2.34. The maximum Gasteiger partial charge on any atom is 0.175 e. The van der Waals surface area contributed by atoms with E-state index in [9.17, 15) is 13.5 Å². The third-order valence-electron chi connectivity index (χ3n) is 3.81. The number of nitrogen functional groups attached to an aromatic ring is 1. The molecule has 0 bridgehead atoms. The van der Waals surface area contributed by atoms with Crippen molar-refractivity contribution in [2.75, 3.05) is 30.0 Å². The second-order valence-electron chi connectivity index (χ2n) is 5.20. The van der Waals surface area contributed by atoms with E-state index in [1.54, 1.807) is 12.1 Å². The monoisotopic (exact) mass is 284 g/mol. The molecule has 2 unspecified atom stereocenters. The zero-order valence-corrected chi connectivity index (χ0v) is 12.0. The lowest BCUT2D eigenvalue weighted by Gasteiger charge is -2.28. The fourth-order valence-corrected chi connectivity index (χ4v) is 3.27. The van der Waals surface area contributed by atoms with Crippen molar-refractivity contribution in [3.05, 3.63) is 18.2 Å². The molecular formula is C13H20N2O3S. The van der Waals surface area contributed by atoms with Crippen LogP contribution in [0.5, 0.6) is 0 Å². The average molecular weight is 284 g/mol. The largest absolute Gasteiger partial charge is 0.397 e. The molecule has 0 saturated carbocycles. The first-order chi connectivity index (χ1) is 8.84. The van der Waals surface area contributed by atoms with Crippen LogP contribution >= 0.6 is 0 Å². The summed E-state index contributed by atoms with van der Waals surface area (Å²) in [7, 11) is -3.24. The van der Waals surface area contributed by atoms with E-state index in [4.69, 9.17) is 5.73 Å². The number of aliphatic hydroxyl groups is 1. The van der Waals surface area contributed by atoms with E-state index >= 15 is 0 Å². The molecule has 1 aliphatic heterocycles. The molecule has 0 aromatic heterocycles. The molecule has 1 aliphatic rings. The molecule has 3 N–H and O–H groups in total. The Labute approximate surface area is 113 Å². The van der Waals surface area contributed by atoms with Gasteiger partial charge in [0.25, 0.3) is 0 Å². The van der Waals surface area contributed by atoms with Gasteiger partial charge in [0, 0.05) is 12.8 Å². The van der Waals surface area contributed by atoms with Crippen molar-refractivity contribution < 1.29 is 13.5 Å². The van der Waals surface area contributed by atoms with Crippen LogP contribution in [0.15, 0.2) is 23.1 Å². The summed E-state index contributed by atoms with van der Waals surface area (Å²) in [5, 5.41) is 9.46.